The fraction of sp³-hybridized carbons (Fsp3) is 0.263. The van der Waals surface area contributed by atoms with E-state index >= 15 is 0 Å². The minimum absolute atomic E-state index is 0.714. The molecule has 2 aromatic carbocycles. The highest BCUT2D eigenvalue weighted by Crippen LogP contribution is 2.38. The van der Waals surface area contributed by atoms with Gasteiger partial charge in [-0.3, -0.25) is 4.79 Å². The van der Waals surface area contributed by atoms with Gasteiger partial charge in [0.25, 0.3) is 0 Å². The van der Waals surface area contributed by atoms with Gasteiger partial charge in [-0.15, -0.1) is 0 Å². The normalized spacial score (nSPS) is 16.5. The van der Waals surface area contributed by atoms with Gasteiger partial charge in [0.2, 0.25) is 6.41 Å². The molecule has 5 nitrogen and oxygen atoms in total. The fourth-order valence-corrected chi connectivity index (χ4v) is 3.12. The Labute approximate surface area is 141 Å². The third kappa shape index (κ3) is 2.62. The highest BCUT2D eigenvalue weighted by Gasteiger charge is 2.25. The molecule has 0 aliphatic carbocycles. The molecule has 4 rings (SSSR count). The molecule has 0 atom stereocenters. The van der Waals surface area contributed by atoms with Crippen molar-refractivity contribution in [1.82, 2.24) is 9.80 Å². The first-order valence-corrected chi connectivity index (χ1v) is 8.15. The number of aliphatic imine (C=N–C) groups is 1. The standard InChI is InChI=1S/C19H19N3O2/c1-14-6-7-17-15(12-14)19(22-10-8-21(13-23)9-11-22)20-16-4-2-3-5-18(16)24-17/h2-7,12-13H,8-11H2,1H3. The number of para-hydroxylation sites is 2. The van der Waals surface area contributed by atoms with Crippen LogP contribution in [0.2, 0.25) is 0 Å². The maximum atomic E-state index is 11.0. The fourth-order valence-electron chi connectivity index (χ4n) is 3.12. The largest absolute Gasteiger partial charge is 0.454 e. The van der Waals surface area contributed by atoms with Crippen molar-refractivity contribution in [2.24, 2.45) is 4.99 Å². The van der Waals surface area contributed by atoms with E-state index in [2.05, 4.69) is 24.0 Å². The van der Waals surface area contributed by atoms with Gasteiger partial charge in [-0.25, -0.2) is 4.99 Å². The highest BCUT2D eigenvalue weighted by molar-refractivity contribution is 6.04. The number of carbonyl (C=O) groups is 1. The molecule has 2 aliphatic heterocycles. The zero-order valence-electron chi connectivity index (χ0n) is 13.6. The molecule has 1 fully saturated rings. The van der Waals surface area contributed by atoms with Gasteiger partial charge in [0.1, 0.15) is 17.3 Å². The number of benzene rings is 2. The number of aryl methyl sites for hydroxylation is 1. The first-order chi connectivity index (χ1) is 11.7. The van der Waals surface area contributed by atoms with Crippen molar-refractivity contribution in [3.8, 4) is 11.5 Å². The number of carbonyl (C=O) groups excluding carboxylic acids is 1. The van der Waals surface area contributed by atoms with Crippen LogP contribution in [0.3, 0.4) is 0 Å². The molecule has 2 heterocycles. The van der Waals surface area contributed by atoms with Gasteiger partial charge in [0, 0.05) is 26.2 Å². The number of piperazine rings is 1. The van der Waals surface area contributed by atoms with E-state index < -0.39 is 0 Å². The van der Waals surface area contributed by atoms with Crippen LogP contribution in [0.1, 0.15) is 11.1 Å². The highest BCUT2D eigenvalue weighted by atomic mass is 16.5. The third-order valence-electron chi connectivity index (χ3n) is 4.45. The van der Waals surface area contributed by atoms with E-state index in [0.29, 0.717) is 13.1 Å². The van der Waals surface area contributed by atoms with Crippen LogP contribution in [-0.4, -0.2) is 48.2 Å². The minimum atomic E-state index is 0.714. The average molecular weight is 321 g/mol. The Morgan fingerprint density at radius 3 is 2.62 bits per heavy atom. The number of hydrogen-bond donors (Lipinski definition) is 0. The molecule has 1 amide bonds. The minimum Gasteiger partial charge on any atom is -0.454 e. The molecule has 2 aliphatic rings. The summed E-state index contributed by atoms with van der Waals surface area (Å²) in [4.78, 5) is 19.9. The van der Waals surface area contributed by atoms with Crippen molar-refractivity contribution >= 4 is 17.9 Å². The van der Waals surface area contributed by atoms with Gasteiger partial charge >= 0.3 is 0 Å². The summed E-state index contributed by atoms with van der Waals surface area (Å²) in [5.41, 5.74) is 3.01. The summed E-state index contributed by atoms with van der Waals surface area (Å²) in [6, 6.07) is 14.0. The Hall–Kier alpha value is -2.82. The van der Waals surface area contributed by atoms with Gasteiger partial charge in [0.15, 0.2) is 5.75 Å². The predicted octanol–water partition coefficient (Wildman–Crippen LogP) is 2.95. The first kappa shape index (κ1) is 14.8. The van der Waals surface area contributed by atoms with Crippen LogP contribution in [0.15, 0.2) is 47.5 Å². The molecule has 0 saturated carbocycles. The molecule has 5 heteroatoms. The zero-order valence-corrected chi connectivity index (χ0v) is 13.6. The molecule has 0 radical (unpaired) electrons. The number of nitrogens with zero attached hydrogens (tertiary/aromatic N) is 3. The molecule has 0 unspecified atom stereocenters. The molecule has 0 N–H and O–H groups in total. The molecular weight excluding hydrogens is 302 g/mol. The monoisotopic (exact) mass is 321 g/mol. The molecule has 0 bridgehead atoms. The summed E-state index contributed by atoms with van der Waals surface area (Å²) in [7, 11) is 0. The van der Waals surface area contributed by atoms with E-state index in [1.54, 1.807) is 4.90 Å². The second-order valence-corrected chi connectivity index (χ2v) is 6.13. The van der Waals surface area contributed by atoms with Crippen LogP contribution < -0.4 is 4.74 Å². The van der Waals surface area contributed by atoms with Crippen molar-refractivity contribution in [2.75, 3.05) is 26.2 Å². The molecule has 0 spiro atoms. The van der Waals surface area contributed by atoms with Crippen molar-refractivity contribution in [2.45, 2.75) is 6.92 Å². The Morgan fingerprint density at radius 2 is 1.83 bits per heavy atom. The lowest BCUT2D eigenvalue weighted by atomic mass is 10.1. The molecule has 2 aromatic rings. The maximum Gasteiger partial charge on any atom is 0.209 e. The van der Waals surface area contributed by atoms with Gasteiger partial charge in [-0.2, -0.15) is 0 Å². The summed E-state index contributed by atoms with van der Waals surface area (Å²) in [5.74, 6) is 2.51. The summed E-state index contributed by atoms with van der Waals surface area (Å²) in [6.45, 7) is 5.04. The van der Waals surface area contributed by atoms with Crippen molar-refractivity contribution < 1.29 is 9.53 Å². The maximum absolute atomic E-state index is 11.0. The van der Waals surface area contributed by atoms with Crippen LogP contribution >= 0.6 is 0 Å². The van der Waals surface area contributed by atoms with E-state index in [1.807, 2.05) is 30.3 Å². The average Bonchev–Trinajstić information content (AvgIpc) is 2.78. The Morgan fingerprint density at radius 1 is 1.04 bits per heavy atom. The molecule has 24 heavy (non-hydrogen) atoms. The van der Waals surface area contributed by atoms with Gasteiger partial charge in [0.05, 0.1) is 5.56 Å². The predicted molar refractivity (Wildman–Crippen MR) is 93.1 cm³/mol. The van der Waals surface area contributed by atoms with E-state index in [-0.39, 0.29) is 0 Å². The van der Waals surface area contributed by atoms with Crippen LogP contribution in [0.5, 0.6) is 11.5 Å². The van der Waals surface area contributed by atoms with Gasteiger partial charge in [-0.1, -0.05) is 23.8 Å². The van der Waals surface area contributed by atoms with E-state index in [4.69, 9.17) is 9.73 Å². The summed E-state index contributed by atoms with van der Waals surface area (Å²) in [6.07, 6.45) is 0.919. The first-order valence-electron chi connectivity index (χ1n) is 8.15. The number of fused-ring (bicyclic) bond motifs is 2. The van der Waals surface area contributed by atoms with Crippen molar-refractivity contribution in [3.05, 3.63) is 53.6 Å². The zero-order chi connectivity index (χ0) is 16.5. The number of hydrogen-bond acceptors (Lipinski definition) is 4. The van der Waals surface area contributed by atoms with Gasteiger partial charge in [-0.05, 0) is 31.2 Å². The summed E-state index contributed by atoms with van der Waals surface area (Å²) < 4.78 is 6.11. The lowest BCUT2D eigenvalue weighted by Gasteiger charge is -2.34. The second-order valence-electron chi connectivity index (χ2n) is 6.13. The summed E-state index contributed by atoms with van der Waals surface area (Å²) in [5, 5.41) is 0. The molecule has 1 saturated heterocycles. The van der Waals surface area contributed by atoms with Crippen molar-refractivity contribution in [1.29, 1.82) is 0 Å². The van der Waals surface area contributed by atoms with Crippen LogP contribution in [0.25, 0.3) is 0 Å². The van der Waals surface area contributed by atoms with E-state index in [9.17, 15) is 4.79 Å². The van der Waals surface area contributed by atoms with Gasteiger partial charge < -0.3 is 14.5 Å². The smallest absolute Gasteiger partial charge is 0.209 e. The third-order valence-corrected chi connectivity index (χ3v) is 4.45. The summed E-state index contributed by atoms with van der Waals surface area (Å²) >= 11 is 0. The molecular formula is C19H19N3O2. The molecule has 122 valence electrons. The van der Waals surface area contributed by atoms with Crippen LogP contribution in [-0.2, 0) is 4.79 Å². The number of amidine groups is 1. The Kier molecular flexibility index (Phi) is 3.69. The number of amides is 1. The SMILES string of the molecule is Cc1ccc2c(c1)C(N1CCN(C=O)CC1)=Nc1ccccc1O2. The number of rotatable bonds is 1. The van der Waals surface area contributed by atoms with Crippen LogP contribution in [0, 0.1) is 6.92 Å². The molecule has 0 aromatic heterocycles. The Balaban J connectivity index is 1.79. The quantitative estimate of drug-likeness (QED) is 0.759. The Bertz CT molecular complexity index is 808. The topological polar surface area (TPSA) is 45.1 Å². The van der Waals surface area contributed by atoms with Crippen LogP contribution in [0.4, 0.5) is 5.69 Å². The number of ether oxygens (including phenoxy) is 1. The lowest BCUT2D eigenvalue weighted by molar-refractivity contribution is -0.119. The van der Waals surface area contributed by atoms with E-state index in [1.165, 1.54) is 5.56 Å². The lowest BCUT2D eigenvalue weighted by Crippen LogP contribution is -2.48. The van der Waals surface area contributed by atoms with E-state index in [0.717, 1.165) is 48.1 Å². The second kappa shape index (κ2) is 6.00. The van der Waals surface area contributed by atoms with Crippen molar-refractivity contribution in [3.63, 3.8) is 0 Å².